The summed E-state index contributed by atoms with van der Waals surface area (Å²) in [5, 5.41) is 0. The summed E-state index contributed by atoms with van der Waals surface area (Å²) < 4.78 is 0. The molecule has 0 spiro atoms. The second-order valence-electron chi connectivity index (χ2n) is 0.527. The zero-order valence-corrected chi connectivity index (χ0v) is 8.04. The van der Waals surface area contributed by atoms with Gasteiger partial charge in [-0.3, -0.25) is 0 Å². The van der Waals surface area contributed by atoms with Crippen LogP contribution in [-0.2, 0) is 56.3 Å². The van der Waals surface area contributed by atoms with Gasteiger partial charge < -0.3 is 0 Å². The summed E-state index contributed by atoms with van der Waals surface area (Å²) in [5.41, 5.74) is 0. The second-order valence-corrected chi connectivity index (χ2v) is 12.3. The molecule has 0 amide bonds. The van der Waals surface area contributed by atoms with E-state index in [1.807, 2.05) is 0 Å². The molecule has 0 heterocycles. The van der Waals surface area contributed by atoms with E-state index in [-0.39, 0.29) is 6.57 Å². The van der Waals surface area contributed by atoms with Crippen LogP contribution in [0, 0.1) is 0 Å². The summed E-state index contributed by atoms with van der Waals surface area (Å²) in [6, 6.07) is 0. The Balaban J connectivity index is 6.53. The molecule has 40 valence electrons. The van der Waals surface area contributed by atoms with Gasteiger partial charge in [0.1, 0.15) is 0 Å². The minimum atomic E-state index is -0.488. The van der Waals surface area contributed by atoms with Crippen molar-refractivity contribution < 1.29 is 0 Å². The molecule has 0 aliphatic heterocycles. The third-order valence-electron chi connectivity index (χ3n) is 0.202. The Morgan fingerprint density at radius 1 is 1.29 bits per heavy atom. The molecule has 0 unspecified atom stereocenters. The summed E-state index contributed by atoms with van der Waals surface area (Å²) >= 11 is 14.1. The van der Waals surface area contributed by atoms with Crippen LogP contribution < -0.4 is 0 Å². The molecular weight excluding hydrogens is 203 g/mol. The van der Waals surface area contributed by atoms with E-state index in [2.05, 4.69) is 22.4 Å². The molecule has 0 nitrogen and oxygen atoms in total. The van der Waals surface area contributed by atoms with Crippen LogP contribution in [0.25, 0.3) is 0 Å². The SMILES string of the molecule is B#[SH]=S(=S)=S(=S)=S. The van der Waals surface area contributed by atoms with Gasteiger partial charge in [0, 0.05) is 0 Å². The van der Waals surface area contributed by atoms with Crippen LogP contribution in [0.4, 0.5) is 0 Å². The predicted molar refractivity (Wildman–Crippen MR) is 51.3 cm³/mol. The molecule has 0 rings (SSSR count). The van der Waals surface area contributed by atoms with Gasteiger partial charge in [-0.2, -0.15) is 0 Å². The van der Waals surface area contributed by atoms with Crippen LogP contribution in [-0.4, -0.2) is 6.53 Å². The summed E-state index contributed by atoms with van der Waals surface area (Å²) in [5.74, 6) is 0. The van der Waals surface area contributed by atoms with E-state index in [1.54, 1.807) is 0 Å². The van der Waals surface area contributed by atoms with Gasteiger partial charge in [0.25, 0.3) is 0 Å². The summed E-state index contributed by atoms with van der Waals surface area (Å²) in [6.07, 6.45) is 0. The molecule has 0 saturated carbocycles. The maximum atomic E-state index is 5.13. The molecule has 0 fully saturated rings. The van der Waals surface area contributed by atoms with Crippen molar-refractivity contribution in [2.24, 2.45) is 0 Å². The zero-order chi connectivity index (χ0) is 5.86. The van der Waals surface area contributed by atoms with Crippen molar-refractivity contribution >= 4 is 62.8 Å². The minimum absolute atomic E-state index is 0.338. The van der Waals surface area contributed by atoms with Gasteiger partial charge in [0.15, 0.2) is 0 Å². The standard InChI is InChI=1S/BHS6/c1-5-7(4)6(2)3/h5H. The van der Waals surface area contributed by atoms with E-state index in [9.17, 15) is 0 Å². The van der Waals surface area contributed by atoms with Crippen LogP contribution in [0.1, 0.15) is 0 Å². The molecule has 0 aromatic heterocycles. The van der Waals surface area contributed by atoms with Crippen molar-refractivity contribution in [3.05, 3.63) is 0 Å². The van der Waals surface area contributed by atoms with E-state index in [0.717, 1.165) is 0 Å². The van der Waals surface area contributed by atoms with Crippen LogP contribution in [0.5, 0.6) is 0 Å². The van der Waals surface area contributed by atoms with Gasteiger partial charge in [0.2, 0.25) is 0 Å². The normalized spacial score (nSPS) is 7.71. The van der Waals surface area contributed by atoms with Crippen molar-refractivity contribution in [2.75, 3.05) is 0 Å². The molecule has 7 heteroatoms. The maximum absolute atomic E-state index is 5.13. The van der Waals surface area contributed by atoms with Crippen LogP contribution in [0.3, 0.4) is 0 Å². The number of rotatable bonds is 0. The Morgan fingerprint density at radius 2 is 1.71 bits per heavy atom. The first-order valence-corrected chi connectivity index (χ1v) is 8.42. The fourth-order valence-electron chi connectivity index (χ4n) is 0.0351. The van der Waals surface area contributed by atoms with Crippen LogP contribution >= 0.6 is 0 Å². The molecule has 0 saturated heterocycles. The quantitative estimate of drug-likeness (QED) is 0.411. The predicted octanol–water partition coefficient (Wildman–Crippen LogP) is -0.663. The Kier molecular flexibility index (Phi) is 5.13. The van der Waals surface area contributed by atoms with E-state index in [0.29, 0.717) is 9.56 Å². The van der Waals surface area contributed by atoms with E-state index in [4.69, 9.17) is 17.7 Å². The van der Waals surface area contributed by atoms with Crippen LogP contribution in [0.15, 0.2) is 0 Å². The first-order valence-electron chi connectivity index (χ1n) is 1.11. The van der Waals surface area contributed by atoms with Crippen molar-refractivity contribution in [1.29, 1.82) is 0 Å². The van der Waals surface area contributed by atoms with E-state index >= 15 is 0 Å². The average Bonchev–Trinajstić information content (AvgIpc) is 1.65. The van der Waals surface area contributed by atoms with Gasteiger partial charge in [-0.1, -0.05) is 0 Å². The van der Waals surface area contributed by atoms with Gasteiger partial charge >= 0.3 is 62.8 Å². The Bertz CT molecular complexity index is 325. The molecular formula is HBS6. The number of hydrogen-bond acceptors (Lipinski definition) is 3. The van der Waals surface area contributed by atoms with Gasteiger partial charge in [0.05, 0.1) is 0 Å². The Morgan fingerprint density at radius 3 is 1.71 bits per heavy atom. The fourth-order valence-corrected chi connectivity index (χ4v) is 2.85. The Labute approximate surface area is 62.3 Å². The van der Waals surface area contributed by atoms with Gasteiger partial charge in [-0.05, 0) is 0 Å². The van der Waals surface area contributed by atoms with Gasteiger partial charge in [-0.15, -0.1) is 0 Å². The Hall–Kier alpha value is 1.38. The first-order chi connectivity index (χ1) is 3.18. The summed E-state index contributed by atoms with van der Waals surface area (Å²) in [6.45, 7) is 4.30. The molecule has 0 aromatic carbocycles. The molecule has 0 aliphatic carbocycles. The molecule has 0 N–H and O–H groups in total. The summed E-state index contributed by atoms with van der Waals surface area (Å²) in [4.78, 5) is 0. The third kappa shape index (κ3) is 3.93. The van der Waals surface area contributed by atoms with Crippen molar-refractivity contribution in [1.82, 2.24) is 0 Å². The fraction of sp³-hybridized carbons (Fsp3) is 0. The first kappa shape index (κ1) is 8.38. The van der Waals surface area contributed by atoms with E-state index in [1.165, 1.54) is 0 Å². The van der Waals surface area contributed by atoms with Gasteiger partial charge in [-0.25, -0.2) is 0 Å². The van der Waals surface area contributed by atoms with Crippen LogP contribution in [0.2, 0.25) is 0 Å². The monoisotopic (exact) mass is 204 g/mol. The topological polar surface area (TPSA) is 0 Å². The van der Waals surface area contributed by atoms with Crippen molar-refractivity contribution in [3.63, 3.8) is 0 Å². The van der Waals surface area contributed by atoms with E-state index < -0.39 is 6.57 Å². The third-order valence-corrected chi connectivity index (χ3v) is 11.8. The second kappa shape index (κ2) is 4.28. The number of thiol groups is 1. The summed E-state index contributed by atoms with van der Waals surface area (Å²) in [7, 11) is 0.669. The molecule has 0 aliphatic rings. The van der Waals surface area contributed by atoms with Crippen molar-refractivity contribution in [3.8, 4) is 0 Å². The molecule has 0 aromatic rings. The molecule has 0 atom stereocenters. The average molecular weight is 204 g/mol. The molecule has 0 bridgehead atoms. The molecule has 0 radical (unpaired) electrons. The zero-order valence-electron chi connectivity index (χ0n) is 3.07. The number of hydrogen-bond donors (Lipinski definition) is 1. The molecule has 7 heavy (non-hydrogen) atoms. The van der Waals surface area contributed by atoms with Crippen molar-refractivity contribution in [2.45, 2.75) is 0 Å².